The van der Waals surface area contributed by atoms with Crippen LogP contribution in [0.1, 0.15) is 0 Å². The van der Waals surface area contributed by atoms with Crippen molar-refractivity contribution in [2.45, 2.75) is 0 Å². The maximum absolute atomic E-state index is 2.46. The second kappa shape index (κ2) is 16.5. The molecule has 13 rings (SSSR count). The SMILES string of the molecule is c1ccc(-c2c(-c3ccccc3)c3cc(N(c4ccc(-c5cccc6ccccc56)cc4)c4ccccc4-c4ccc5c(c4)c4ccccc4n5-c4ccccc4)ccc3c3ccccc23)cc1. The molecule has 2 heteroatoms. The minimum Gasteiger partial charge on any atom is -0.310 e. The molecule has 0 aliphatic heterocycles. The van der Waals surface area contributed by atoms with Crippen LogP contribution >= 0.6 is 0 Å². The fraction of sp³-hybridized carbons (Fsp3) is 0. The van der Waals surface area contributed by atoms with Crippen molar-refractivity contribution in [3.8, 4) is 50.2 Å². The van der Waals surface area contributed by atoms with E-state index < -0.39 is 0 Å². The fourth-order valence-corrected chi connectivity index (χ4v) is 10.7. The first-order valence-corrected chi connectivity index (χ1v) is 23.4. The lowest BCUT2D eigenvalue weighted by atomic mass is 9.85. The number of aromatic nitrogens is 1. The molecule has 318 valence electrons. The van der Waals surface area contributed by atoms with E-state index in [2.05, 4.69) is 276 Å². The molecule has 2 nitrogen and oxygen atoms in total. The van der Waals surface area contributed by atoms with Gasteiger partial charge >= 0.3 is 0 Å². The maximum Gasteiger partial charge on any atom is 0.0541 e. The molecule has 0 spiro atoms. The van der Waals surface area contributed by atoms with Crippen LogP contribution < -0.4 is 4.90 Å². The van der Waals surface area contributed by atoms with Gasteiger partial charge in [0, 0.05) is 33.4 Å². The molecular formula is C66H44N2. The van der Waals surface area contributed by atoms with Crippen LogP contribution in [0.4, 0.5) is 17.1 Å². The highest BCUT2D eigenvalue weighted by atomic mass is 15.1. The summed E-state index contributed by atoms with van der Waals surface area (Å²) < 4.78 is 2.39. The van der Waals surface area contributed by atoms with Crippen LogP contribution in [0.5, 0.6) is 0 Å². The monoisotopic (exact) mass is 864 g/mol. The van der Waals surface area contributed by atoms with Gasteiger partial charge in [-0.25, -0.2) is 0 Å². The zero-order valence-electron chi connectivity index (χ0n) is 37.3. The maximum atomic E-state index is 2.46. The van der Waals surface area contributed by atoms with E-state index in [-0.39, 0.29) is 0 Å². The van der Waals surface area contributed by atoms with Crippen LogP contribution in [0, 0.1) is 0 Å². The van der Waals surface area contributed by atoms with Crippen molar-refractivity contribution in [1.29, 1.82) is 0 Å². The molecule has 12 aromatic carbocycles. The molecule has 0 bridgehead atoms. The van der Waals surface area contributed by atoms with Crippen molar-refractivity contribution < 1.29 is 0 Å². The Balaban J connectivity index is 1.06. The molecule has 0 amide bonds. The van der Waals surface area contributed by atoms with Crippen LogP contribution in [0.3, 0.4) is 0 Å². The summed E-state index contributed by atoms with van der Waals surface area (Å²) in [6.07, 6.45) is 0. The van der Waals surface area contributed by atoms with E-state index in [0.29, 0.717) is 0 Å². The van der Waals surface area contributed by atoms with Crippen molar-refractivity contribution in [3.05, 3.63) is 267 Å². The van der Waals surface area contributed by atoms with Gasteiger partial charge in [0.15, 0.2) is 0 Å². The second-order valence-electron chi connectivity index (χ2n) is 17.6. The summed E-state index contributed by atoms with van der Waals surface area (Å²) in [5.74, 6) is 0. The summed E-state index contributed by atoms with van der Waals surface area (Å²) in [4.78, 5) is 2.46. The average Bonchev–Trinajstić information content (AvgIpc) is 3.75. The zero-order valence-corrected chi connectivity index (χ0v) is 37.3. The molecule has 68 heavy (non-hydrogen) atoms. The van der Waals surface area contributed by atoms with Crippen LogP contribution in [0.25, 0.3) is 104 Å². The average molecular weight is 865 g/mol. The number of para-hydroxylation sites is 3. The number of nitrogens with zero attached hydrogens (tertiary/aromatic N) is 2. The number of rotatable bonds is 8. The number of anilines is 3. The molecule has 0 radical (unpaired) electrons. The Morgan fingerprint density at radius 3 is 1.56 bits per heavy atom. The highest BCUT2D eigenvalue weighted by molar-refractivity contribution is 6.22. The molecule has 0 atom stereocenters. The molecule has 0 aliphatic rings. The predicted molar refractivity (Wildman–Crippen MR) is 290 cm³/mol. The molecule has 1 heterocycles. The summed E-state index contributed by atoms with van der Waals surface area (Å²) in [7, 11) is 0. The third kappa shape index (κ3) is 6.57. The zero-order chi connectivity index (χ0) is 45.0. The Labute approximate surface area is 395 Å². The van der Waals surface area contributed by atoms with Crippen molar-refractivity contribution in [2.75, 3.05) is 4.90 Å². The van der Waals surface area contributed by atoms with E-state index in [4.69, 9.17) is 0 Å². The highest BCUT2D eigenvalue weighted by Crippen LogP contribution is 2.48. The summed E-state index contributed by atoms with van der Waals surface area (Å²) in [5, 5.41) is 9.85. The van der Waals surface area contributed by atoms with E-state index in [1.807, 2.05) is 0 Å². The lowest BCUT2D eigenvalue weighted by Crippen LogP contribution is -2.11. The fourth-order valence-electron chi connectivity index (χ4n) is 10.7. The topological polar surface area (TPSA) is 8.17 Å². The summed E-state index contributed by atoms with van der Waals surface area (Å²) in [5.41, 5.74) is 16.4. The largest absolute Gasteiger partial charge is 0.310 e. The van der Waals surface area contributed by atoms with Gasteiger partial charge in [-0.3, -0.25) is 0 Å². The Morgan fingerprint density at radius 1 is 0.265 bits per heavy atom. The number of hydrogen-bond donors (Lipinski definition) is 0. The number of benzene rings is 12. The molecular weight excluding hydrogens is 821 g/mol. The van der Waals surface area contributed by atoms with Crippen molar-refractivity contribution in [1.82, 2.24) is 4.57 Å². The van der Waals surface area contributed by atoms with E-state index >= 15 is 0 Å². The standard InChI is InChI=1S/C66H44N2/c1-4-20-47(21-5-1)65-59-31-13-12-29-56(59)57-41-40-52(44-61(57)66(65)48-22-6-2-7-23-48)67(51-38-35-46(36-39-51)54-32-18-24-45-19-10-11-27-53(45)54)62-33-16-14-28-55(62)49-37-42-64-60(43-49)58-30-15-17-34-63(58)68(64)50-25-8-3-9-26-50/h1-44H. The van der Waals surface area contributed by atoms with Crippen LogP contribution in [0.2, 0.25) is 0 Å². The summed E-state index contributed by atoms with van der Waals surface area (Å²) in [6, 6.07) is 97.6. The quantitative estimate of drug-likeness (QED) is 0.138. The van der Waals surface area contributed by atoms with E-state index in [1.165, 1.54) is 87.5 Å². The highest BCUT2D eigenvalue weighted by Gasteiger charge is 2.23. The first-order valence-electron chi connectivity index (χ1n) is 23.4. The van der Waals surface area contributed by atoms with Gasteiger partial charge in [-0.1, -0.05) is 206 Å². The van der Waals surface area contributed by atoms with Gasteiger partial charge in [-0.15, -0.1) is 0 Å². The number of hydrogen-bond acceptors (Lipinski definition) is 1. The van der Waals surface area contributed by atoms with E-state index in [9.17, 15) is 0 Å². The van der Waals surface area contributed by atoms with Crippen LogP contribution in [0.15, 0.2) is 267 Å². The van der Waals surface area contributed by atoms with Crippen molar-refractivity contribution in [3.63, 3.8) is 0 Å². The molecule has 0 N–H and O–H groups in total. The number of fused-ring (bicyclic) bond motifs is 7. The molecule has 0 saturated carbocycles. The van der Waals surface area contributed by atoms with Gasteiger partial charge in [-0.05, 0) is 132 Å². The van der Waals surface area contributed by atoms with Gasteiger partial charge in [-0.2, -0.15) is 0 Å². The van der Waals surface area contributed by atoms with Crippen molar-refractivity contribution in [2.24, 2.45) is 0 Å². The van der Waals surface area contributed by atoms with Gasteiger partial charge in [0.05, 0.1) is 16.7 Å². The smallest absolute Gasteiger partial charge is 0.0541 e. The Bertz CT molecular complexity index is 4000. The van der Waals surface area contributed by atoms with Crippen molar-refractivity contribution >= 4 is 71.2 Å². The molecule has 0 unspecified atom stereocenters. The minimum atomic E-state index is 1.08. The third-order valence-electron chi connectivity index (χ3n) is 13.8. The third-order valence-corrected chi connectivity index (χ3v) is 13.8. The van der Waals surface area contributed by atoms with Crippen LogP contribution in [-0.2, 0) is 0 Å². The first kappa shape index (κ1) is 39.4. The van der Waals surface area contributed by atoms with Gasteiger partial charge < -0.3 is 9.47 Å². The van der Waals surface area contributed by atoms with E-state index in [0.717, 1.165) is 33.9 Å². The summed E-state index contributed by atoms with van der Waals surface area (Å²) >= 11 is 0. The molecule has 0 aliphatic carbocycles. The minimum absolute atomic E-state index is 1.08. The molecule has 0 fully saturated rings. The lowest BCUT2D eigenvalue weighted by molar-refractivity contribution is 1.18. The Morgan fingerprint density at radius 2 is 0.794 bits per heavy atom. The second-order valence-corrected chi connectivity index (χ2v) is 17.6. The lowest BCUT2D eigenvalue weighted by Gasteiger charge is -2.29. The van der Waals surface area contributed by atoms with Gasteiger partial charge in [0.2, 0.25) is 0 Å². The van der Waals surface area contributed by atoms with Gasteiger partial charge in [0.25, 0.3) is 0 Å². The first-order chi connectivity index (χ1) is 33.8. The molecule has 13 aromatic rings. The predicted octanol–water partition coefficient (Wildman–Crippen LogP) is 18.4. The van der Waals surface area contributed by atoms with Gasteiger partial charge in [0.1, 0.15) is 0 Å². The Hall–Kier alpha value is -8.98. The molecule has 1 aromatic heterocycles. The molecule has 0 saturated heterocycles. The summed E-state index contributed by atoms with van der Waals surface area (Å²) in [6.45, 7) is 0. The van der Waals surface area contributed by atoms with Crippen LogP contribution in [-0.4, -0.2) is 4.57 Å². The Kier molecular flexibility index (Phi) is 9.54. The van der Waals surface area contributed by atoms with E-state index in [1.54, 1.807) is 0 Å². The normalized spacial score (nSPS) is 11.5.